The van der Waals surface area contributed by atoms with Gasteiger partial charge in [0.2, 0.25) is 0 Å². The van der Waals surface area contributed by atoms with Gasteiger partial charge in [0, 0.05) is 12.1 Å². The van der Waals surface area contributed by atoms with Crippen LogP contribution in [-0.2, 0) is 27.2 Å². The van der Waals surface area contributed by atoms with E-state index < -0.39 is 0 Å². The number of rotatable bonds is 4. The molecule has 0 radical (unpaired) electrons. The minimum atomic E-state index is -0.362. The maximum absolute atomic E-state index is 11.5. The van der Waals surface area contributed by atoms with Crippen LogP contribution in [0.25, 0.3) is 0 Å². The van der Waals surface area contributed by atoms with Gasteiger partial charge in [-0.1, -0.05) is 13.0 Å². The number of amides is 1. The average Bonchev–Trinajstić information content (AvgIpc) is 2.83. The predicted molar refractivity (Wildman–Crippen MR) is 68.3 cm³/mol. The largest absolute Gasteiger partial charge is 0.456 e. The number of nitrogens with one attached hydrogen (secondary N) is 1. The first-order chi connectivity index (χ1) is 8.69. The Kier molecular flexibility index (Phi) is 3.97. The standard InChI is InChI=1S/C14H17NO3/c1-2-14(17)18-9-13(16)15-12-7-6-10-4-3-5-11(10)8-12/h6-8H,2-5,9H2,1H3,(H,15,16). The first kappa shape index (κ1) is 12.6. The molecule has 4 nitrogen and oxygen atoms in total. The quantitative estimate of drug-likeness (QED) is 0.829. The van der Waals surface area contributed by atoms with E-state index in [0.29, 0.717) is 0 Å². The summed E-state index contributed by atoms with van der Waals surface area (Å²) in [5, 5.41) is 2.73. The summed E-state index contributed by atoms with van der Waals surface area (Å²) in [5.74, 6) is -0.658. The van der Waals surface area contributed by atoms with E-state index in [1.165, 1.54) is 17.5 Å². The first-order valence-electron chi connectivity index (χ1n) is 6.26. The Bertz CT molecular complexity index is 468. The van der Waals surface area contributed by atoms with Crippen LogP contribution in [0.4, 0.5) is 5.69 Å². The molecule has 0 saturated carbocycles. The van der Waals surface area contributed by atoms with Crippen molar-refractivity contribution in [2.75, 3.05) is 11.9 Å². The fraction of sp³-hybridized carbons (Fsp3) is 0.429. The van der Waals surface area contributed by atoms with Gasteiger partial charge >= 0.3 is 5.97 Å². The Morgan fingerprint density at radius 3 is 2.83 bits per heavy atom. The van der Waals surface area contributed by atoms with Crippen LogP contribution in [0.1, 0.15) is 30.9 Å². The molecule has 1 aliphatic rings. The fourth-order valence-electron chi connectivity index (χ4n) is 2.09. The molecule has 96 valence electrons. The Morgan fingerprint density at radius 2 is 2.06 bits per heavy atom. The lowest BCUT2D eigenvalue weighted by Crippen LogP contribution is -2.20. The van der Waals surface area contributed by atoms with Gasteiger partial charge in [0.15, 0.2) is 6.61 Å². The second kappa shape index (κ2) is 5.67. The van der Waals surface area contributed by atoms with Gasteiger partial charge in [-0.15, -0.1) is 0 Å². The molecule has 0 spiro atoms. The topological polar surface area (TPSA) is 55.4 Å². The van der Waals surface area contributed by atoms with Crippen molar-refractivity contribution in [1.29, 1.82) is 0 Å². The minimum Gasteiger partial charge on any atom is -0.456 e. The molecule has 2 rings (SSSR count). The second-order valence-corrected chi connectivity index (χ2v) is 4.40. The predicted octanol–water partition coefficient (Wildman–Crippen LogP) is 2.07. The molecule has 0 saturated heterocycles. The molecule has 0 fully saturated rings. The molecule has 4 heteroatoms. The molecule has 0 unspecified atom stereocenters. The van der Waals surface area contributed by atoms with Crippen molar-refractivity contribution in [2.45, 2.75) is 32.6 Å². The Labute approximate surface area is 106 Å². The number of anilines is 1. The number of benzene rings is 1. The highest BCUT2D eigenvalue weighted by molar-refractivity contribution is 5.92. The first-order valence-corrected chi connectivity index (χ1v) is 6.26. The van der Waals surface area contributed by atoms with Crippen LogP contribution >= 0.6 is 0 Å². The van der Waals surface area contributed by atoms with Crippen LogP contribution in [0, 0.1) is 0 Å². The smallest absolute Gasteiger partial charge is 0.306 e. The summed E-state index contributed by atoms with van der Waals surface area (Å²) in [4.78, 5) is 22.5. The molecule has 0 atom stereocenters. The van der Waals surface area contributed by atoms with Crippen molar-refractivity contribution >= 4 is 17.6 Å². The lowest BCUT2D eigenvalue weighted by molar-refractivity contribution is -0.146. The molecule has 0 bridgehead atoms. The molecule has 1 aliphatic carbocycles. The molecule has 0 aliphatic heterocycles. The number of hydrogen-bond acceptors (Lipinski definition) is 3. The molecule has 1 N–H and O–H groups in total. The van der Waals surface area contributed by atoms with Gasteiger partial charge in [-0.05, 0) is 42.5 Å². The van der Waals surface area contributed by atoms with Gasteiger partial charge in [0.1, 0.15) is 0 Å². The molecular formula is C14H17NO3. The Hall–Kier alpha value is -1.84. The van der Waals surface area contributed by atoms with E-state index in [1.54, 1.807) is 6.92 Å². The lowest BCUT2D eigenvalue weighted by Gasteiger charge is -2.07. The molecule has 1 aromatic carbocycles. The van der Waals surface area contributed by atoms with Gasteiger partial charge in [0.25, 0.3) is 5.91 Å². The molecule has 0 aromatic heterocycles. The van der Waals surface area contributed by atoms with E-state index in [2.05, 4.69) is 11.4 Å². The van der Waals surface area contributed by atoms with Crippen molar-refractivity contribution < 1.29 is 14.3 Å². The van der Waals surface area contributed by atoms with Crippen molar-refractivity contribution in [3.8, 4) is 0 Å². The summed E-state index contributed by atoms with van der Waals surface area (Å²) in [6.45, 7) is 1.48. The van der Waals surface area contributed by atoms with Gasteiger partial charge in [0.05, 0.1) is 0 Å². The third-order valence-corrected chi connectivity index (χ3v) is 3.04. The summed E-state index contributed by atoms with van der Waals surface area (Å²) in [5.41, 5.74) is 3.44. The summed E-state index contributed by atoms with van der Waals surface area (Å²) >= 11 is 0. The summed E-state index contributed by atoms with van der Waals surface area (Å²) in [6.07, 6.45) is 3.66. The molecule has 1 amide bonds. The van der Waals surface area contributed by atoms with Crippen LogP contribution in [0.2, 0.25) is 0 Å². The van der Waals surface area contributed by atoms with Crippen LogP contribution in [0.5, 0.6) is 0 Å². The summed E-state index contributed by atoms with van der Waals surface area (Å²) < 4.78 is 4.77. The van der Waals surface area contributed by atoms with Crippen LogP contribution in [0.15, 0.2) is 18.2 Å². The van der Waals surface area contributed by atoms with Crippen LogP contribution in [0.3, 0.4) is 0 Å². The van der Waals surface area contributed by atoms with Gasteiger partial charge in [-0.3, -0.25) is 9.59 Å². The summed E-state index contributed by atoms with van der Waals surface area (Å²) in [7, 11) is 0. The molecule has 1 aromatic rings. The Morgan fingerprint density at radius 1 is 1.28 bits per heavy atom. The minimum absolute atomic E-state index is 0.218. The van der Waals surface area contributed by atoms with E-state index in [0.717, 1.165) is 18.5 Å². The highest BCUT2D eigenvalue weighted by atomic mass is 16.5. The Balaban J connectivity index is 1.89. The molecule has 0 heterocycles. The maximum atomic E-state index is 11.5. The fourth-order valence-corrected chi connectivity index (χ4v) is 2.09. The third-order valence-electron chi connectivity index (χ3n) is 3.04. The van der Waals surface area contributed by atoms with Crippen molar-refractivity contribution in [3.05, 3.63) is 29.3 Å². The van der Waals surface area contributed by atoms with Gasteiger partial charge in [-0.25, -0.2) is 0 Å². The van der Waals surface area contributed by atoms with E-state index in [1.807, 2.05) is 12.1 Å². The highest BCUT2D eigenvalue weighted by Crippen LogP contribution is 2.24. The third kappa shape index (κ3) is 3.09. The SMILES string of the molecule is CCC(=O)OCC(=O)Nc1ccc2c(c1)CCC2. The van der Waals surface area contributed by atoms with Crippen LogP contribution in [-0.4, -0.2) is 18.5 Å². The number of ether oxygens (including phenoxy) is 1. The number of aryl methyl sites for hydroxylation is 2. The van der Waals surface area contributed by atoms with Crippen LogP contribution < -0.4 is 5.32 Å². The van der Waals surface area contributed by atoms with Gasteiger partial charge < -0.3 is 10.1 Å². The van der Waals surface area contributed by atoms with E-state index in [9.17, 15) is 9.59 Å². The summed E-state index contributed by atoms with van der Waals surface area (Å²) in [6, 6.07) is 5.95. The van der Waals surface area contributed by atoms with E-state index in [-0.39, 0.29) is 24.9 Å². The zero-order valence-electron chi connectivity index (χ0n) is 10.5. The number of esters is 1. The van der Waals surface area contributed by atoms with E-state index >= 15 is 0 Å². The zero-order valence-corrected chi connectivity index (χ0v) is 10.5. The number of carbonyl (C=O) groups is 2. The van der Waals surface area contributed by atoms with Crippen molar-refractivity contribution in [3.63, 3.8) is 0 Å². The lowest BCUT2D eigenvalue weighted by atomic mass is 10.1. The average molecular weight is 247 g/mol. The molecule has 18 heavy (non-hydrogen) atoms. The van der Waals surface area contributed by atoms with Crippen molar-refractivity contribution in [1.82, 2.24) is 0 Å². The number of fused-ring (bicyclic) bond motifs is 1. The second-order valence-electron chi connectivity index (χ2n) is 4.40. The van der Waals surface area contributed by atoms with Gasteiger partial charge in [-0.2, -0.15) is 0 Å². The monoisotopic (exact) mass is 247 g/mol. The van der Waals surface area contributed by atoms with E-state index in [4.69, 9.17) is 4.74 Å². The maximum Gasteiger partial charge on any atom is 0.306 e. The number of carbonyl (C=O) groups excluding carboxylic acids is 2. The highest BCUT2D eigenvalue weighted by Gasteiger charge is 2.12. The molecular weight excluding hydrogens is 230 g/mol. The normalized spacial score (nSPS) is 12.9. The van der Waals surface area contributed by atoms with Crippen molar-refractivity contribution in [2.24, 2.45) is 0 Å². The zero-order chi connectivity index (χ0) is 13.0. The number of hydrogen-bond donors (Lipinski definition) is 1.